The van der Waals surface area contributed by atoms with E-state index in [0.717, 1.165) is 0 Å². The lowest BCUT2D eigenvalue weighted by Gasteiger charge is -2.30. The van der Waals surface area contributed by atoms with E-state index < -0.39 is 12.2 Å². The third-order valence-corrected chi connectivity index (χ3v) is 3.87. The zero-order valence-corrected chi connectivity index (χ0v) is 13.5. The Balaban J connectivity index is 1.39. The van der Waals surface area contributed by atoms with Crippen molar-refractivity contribution < 1.29 is 23.2 Å². The minimum absolute atomic E-state index is 0.220. The van der Waals surface area contributed by atoms with Gasteiger partial charge in [0.25, 0.3) is 5.91 Å². The van der Waals surface area contributed by atoms with Crippen LogP contribution < -0.4 is 14.8 Å². The van der Waals surface area contributed by atoms with Gasteiger partial charge in [-0.1, -0.05) is 17.3 Å². The molecular formula is C18H16N2O5. The molecule has 0 saturated carbocycles. The number of hydrogen-bond donors (Lipinski definition) is 1. The fourth-order valence-corrected chi connectivity index (χ4v) is 2.61. The van der Waals surface area contributed by atoms with Crippen molar-refractivity contribution in [1.29, 1.82) is 0 Å². The minimum Gasteiger partial charge on any atom is -0.482 e. The van der Waals surface area contributed by atoms with Crippen LogP contribution in [0.5, 0.6) is 11.5 Å². The summed E-state index contributed by atoms with van der Waals surface area (Å²) in [7, 11) is 0. The average molecular weight is 340 g/mol. The van der Waals surface area contributed by atoms with Crippen LogP contribution in [0, 0.1) is 0 Å². The largest absolute Gasteiger partial charge is 0.482 e. The summed E-state index contributed by atoms with van der Waals surface area (Å²) in [5, 5.41) is 6.71. The molecule has 7 heteroatoms. The van der Waals surface area contributed by atoms with Crippen molar-refractivity contribution in [3.8, 4) is 23.0 Å². The lowest BCUT2D eigenvalue weighted by Crippen LogP contribution is -2.48. The van der Waals surface area contributed by atoms with E-state index in [2.05, 4.69) is 10.5 Å². The first-order valence-electron chi connectivity index (χ1n) is 7.90. The molecule has 3 heterocycles. The third-order valence-electron chi connectivity index (χ3n) is 3.87. The summed E-state index contributed by atoms with van der Waals surface area (Å²) >= 11 is 0. The fraction of sp³-hybridized carbons (Fsp3) is 0.222. The Hall–Kier alpha value is -3.22. The van der Waals surface area contributed by atoms with Crippen molar-refractivity contribution in [3.05, 3.63) is 54.4 Å². The number of benzene rings is 1. The molecule has 2 unspecified atom stereocenters. The summed E-state index contributed by atoms with van der Waals surface area (Å²) in [6.07, 6.45) is 0.427. The molecule has 0 saturated heterocycles. The van der Waals surface area contributed by atoms with Crippen LogP contribution in [0.2, 0.25) is 0 Å². The molecule has 128 valence electrons. The second-order valence-electron chi connectivity index (χ2n) is 5.69. The molecule has 1 amide bonds. The van der Waals surface area contributed by atoms with Gasteiger partial charge in [0.05, 0.1) is 12.8 Å². The Morgan fingerprint density at radius 3 is 2.68 bits per heavy atom. The minimum atomic E-state index is -0.730. The zero-order chi connectivity index (χ0) is 17.2. The van der Waals surface area contributed by atoms with Crippen molar-refractivity contribution >= 4 is 5.91 Å². The maximum absolute atomic E-state index is 12.4. The Morgan fingerprint density at radius 2 is 1.92 bits per heavy atom. The van der Waals surface area contributed by atoms with Gasteiger partial charge in [-0.3, -0.25) is 4.79 Å². The summed E-state index contributed by atoms with van der Waals surface area (Å²) in [4.78, 5) is 12.4. The van der Waals surface area contributed by atoms with Crippen LogP contribution in [-0.2, 0) is 11.3 Å². The zero-order valence-electron chi connectivity index (χ0n) is 13.5. The highest BCUT2D eigenvalue weighted by Crippen LogP contribution is 2.33. The molecule has 4 rings (SSSR count). The first-order chi connectivity index (χ1) is 12.2. The van der Waals surface area contributed by atoms with Crippen molar-refractivity contribution in [2.45, 2.75) is 25.7 Å². The number of fused-ring (bicyclic) bond motifs is 1. The number of aromatic nitrogens is 1. The Bertz CT molecular complexity index is 871. The molecule has 7 nitrogen and oxygen atoms in total. The number of para-hydroxylation sites is 2. The first-order valence-corrected chi connectivity index (χ1v) is 7.90. The molecule has 2 atom stereocenters. The maximum atomic E-state index is 12.4. The average Bonchev–Trinajstić information content (AvgIpc) is 3.30. The number of carbonyl (C=O) groups is 1. The van der Waals surface area contributed by atoms with Gasteiger partial charge in [0.1, 0.15) is 11.8 Å². The number of nitrogens with zero attached hydrogens (tertiary/aromatic N) is 1. The quantitative estimate of drug-likeness (QED) is 0.786. The van der Waals surface area contributed by atoms with Crippen LogP contribution in [-0.4, -0.2) is 23.3 Å². The third kappa shape index (κ3) is 3.08. The first kappa shape index (κ1) is 15.3. The Labute approximate surface area is 143 Å². The highest BCUT2D eigenvalue weighted by molar-refractivity contribution is 5.82. The van der Waals surface area contributed by atoms with Gasteiger partial charge in [-0.2, -0.15) is 0 Å². The summed E-state index contributed by atoms with van der Waals surface area (Å²) in [6, 6.07) is 12.5. The van der Waals surface area contributed by atoms with Crippen LogP contribution in [0.4, 0.5) is 0 Å². The van der Waals surface area contributed by atoms with Gasteiger partial charge in [0, 0.05) is 6.07 Å². The van der Waals surface area contributed by atoms with Crippen molar-refractivity contribution in [1.82, 2.24) is 10.5 Å². The summed E-state index contributed by atoms with van der Waals surface area (Å²) in [5.74, 6) is 2.01. The topological polar surface area (TPSA) is 86.7 Å². The van der Waals surface area contributed by atoms with Gasteiger partial charge >= 0.3 is 0 Å². The van der Waals surface area contributed by atoms with Crippen LogP contribution >= 0.6 is 0 Å². The second kappa shape index (κ2) is 6.35. The molecule has 0 radical (unpaired) electrons. The molecule has 0 fully saturated rings. The van der Waals surface area contributed by atoms with E-state index >= 15 is 0 Å². The summed E-state index contributed by atoms with van der Waals surface area (Å²) in [5.41, 5.74) is 0.588. The van der Waals surface area contributed by atoms with Crippen LogP contribution in [0.1, 0.15) is 12.6 Å². The predicted molar refractivity (Wildman–Crippen MR) is 87.0 cm³/mol. The highest BCUT2D eigenvalue weighted by Gasteiger charge is 2.33. The molecule has 25 heavy (non-hydrogen) atoms. The normalized spacial score (nSPS) is 18.8. The van der Waals surface area contributed by atoms with Gasteiger partial charge in [0.2, 0.25) is 11.9 Å². The predicted octanol–water partition coefficient (Wildman–Crippen LogP) is 2.78. The molecule has 2 aromatic heterocycles. The van der Waals surface area contributed by atoms with E-state index in [4.69, 9.17) is 18.4 Å². The van der Waals surface area contributed by atoms with E-state index in [1.54, 1.807) is 37.5 Å². The van der Waals surface area contributed by atoms with E-state index in [-0.39, 0.29) is 12.5 Å². The van der Waals surface area contributed by atoms with E-state index in [1.165, 1.54) is 0 Å². The number of hydrogen-bond acceptors (Lipinski definition) is 6. The monoisotopic (exact) mass is 340 g/mol. The van der Waals surface area contributed by atoms with Gasteiger partial charge in [-0.25, -0.2) is 0 Å². The van der Waals surface area contributed by atoms with Gasteiger partial charge in [0.15, 0.2) is 17.3 Å². The number of ether oxygens (including phenoxy) is 2. The number of nitrogens with one attached hydrogen (secondary N) is 1. The molecule has 1 aromatic carbocycles. The Morgan fingerprint density at radius 1 is 1.12 bits per heavy atom. The summed E-state index contributed by atoms with van der Waals surface area (Å²) < 4.78 is 21.9. The lowest BCUT2D eigenvalue weighted by atomic mass is 10.1. The molecule has 3 aromatic rings. The number of furan rings is 1. The number of rotatable bonds is 4. The standard InChI is InChI=1S/C18H16N2O5/c1-11-17(24-15-6-3-2-5-14(15)23-11)18(21)19-10-12-9-16(25-20-12)13-7-4-8-22-13/h2-9,11,17H,10H2,1H3,(H,19,21). The fourth-order valence-electron chi connectivity index (χ4n) is 2.61. The molecule has 0 aliphatic carbocycles. The maximum Gasteiger partial charge on any atom is 0.265 e. The van der Waals surface area contributed by atoms with Crippen molar-refractivity contribution in [3.63, 3.8) is 0 Å². The van der Waals surface area contributed by atoms with E-state index in [1.807, 2.05) is 18.2 Å². The highest BCUT2D eigenvalue weighted by atomic mass is 16.6. The summed E-state index contributed by atoms with van der Waals surface area (Å²) in [6.45, 7) is 2.02. The molecule has 0 bridgehead atoms. The lowest BCUT2D eigenvalue weighted by molar-refractivity contribution is -0.133. The molecular weight excluding hydrogens is 324 g/mol. The van der Waals surface area contributed by atoms with E-state index in [0.29, 0.717) is 28.7 Å². The molecule has 1 N–H and O–H groups in total. The van der Waals surface area contributed by atoms with Crippen molar-refractivity contribution in [2.75, 3.05) is 0 Å². The molecule has 1 aliphatic heterocycles. The van der Waals surface area contributed by atoms with Gasteiger partial charge in [-0.15, -0.1) is 0 Å². The molecule has 0 spiro atoms. The van der Waals surface area contributed by atoms with Crippen LogP contribution in [0.15, 0.2) is 57.7 Å². The number of amides is 1. The van der Waals surface area contributed by atoms with E-state index in [9.17, 15) is 4.79 Å². The smallest absolute Gasteiger partial charge is 0.265 e. The van der Waals surface area contributed by atoms with Gasteiger partial charge < -0.3 is 23.7 Å². The van der Waals surface area contributed by atoms with Crippen LogP contribution in [0.3, 0.4) is 0 Å². The van der Waals surface area contributed by atoms with Crippen LogP contribution in [0.25, 0.3) is 11.5 Å². The van der Waals surface area contributed by atoms with Gasteiger partial charge in [-0.05, 0) is 31.2 Å². The second-order valence-corrected chi connectivity index (χ2v) is 5.69. The number of carbonyl (C=O) groups excluding carboxylic acids is 1. The SMILES string of the molecule is CC1Oc2ccccc2OC1C(=O)NCc1cc(-c2ccco2)on1. The van der Waals surface area contributed by atoms with Crippen molar-refractivity contribution in [2.24, 2.45) is 0 Å². The molecule has 1 aliphatic rings. The Kier molecular flexibility index (Phi) is 3.89.